The number of aryl methyl sites for hydroxylation is 2. The highest BCUT2D eigenvalue weighted by Gasteiger charge is 2.12. The maximum Gasteiger partial charge on any atom is 0.337 e. The molecular formula is C23H19FN2O2. The number of fused-ring (bicyclic) bond motifs is 1. The topological polar surface area (TPSA) is 65.1 Å². The molecule has 0 saturated heterocycles. The molecule has 0 spiro atoms. The molecule has 0 saturated carbocycles. The normalized spacial score (nSPS) is 10.9. The van der Waals surface area contributed by atoms with Crippen molar-refractivity contribution in [1.29, 1.82) is 0 Å². The Kier molecular flexibility index (Phi) is 4.81. The van der Waals surface area contributed by atoms with E-state index in [-0.39, 0.29) is 11.4 Å². The minimum absolute atomic E-state index is 0.181. The van der Waals surface area contributed by atoms with Crippen molar-refractivity contribution in [3.8, 4) is 0 Å². The first-order valence-electron chi connectivity index (χ1n) is 9.04. The maximum atomic E-state index is 13.1. The van der Waals surface area contributed by atoms with Gasteiger partial charge < -0.3 is 15.4 Å². The third kappa shape index (κ3) is 3.74. The Labute approximate surface area is 161 Å². The average Bonchev–Trinajstić information content (AvgIpc) is 3.17. The first-order valence-corrected chi connectivity index (χ1v) is 9.04. The summed E-state index contributed by atoms with van der Waals surface area (Å²) in [5, 5.41) is 13.8. The van der Waals surface area contributed by atoms with Gasteiger partial charge in [0, 0.05) is 22.8 Å². The summed E-state index contributed by atoms with van der Waals surface area (Å²) in [4.78, 5) is 14.8. The van der Waals surface area contributed by atoms with E-state index in [2.05, 4.69) is 22.4 Å². The molecule has 0 aliphatic carbocycles. The number of hydrogen-bond donors (Lipinski definition) is 3. The van der Waals surface area contributed by atoms with Gasteiger partial charge in [0.2, 0.25) is 0 Å². The molecule has 0 amide bonds. The number of hydrogen-bond acceptors (Lipinski definition) is 2. The van der Waals surface area contributed by atoms with Crippen molar-refractivity contribution >= 4 is 28.2 Å². The molecule has 4 nitrogen and oxygen atoms in total. The molecule has 0 aliphatic heterocycles. The van der Waals surface area contributed by atoms with Crippen molar-refractivity contribution in [3.05, 3.63) is 95.4 Å². The SMILES string of the molecule is O=C(O)c1ccc(CCc2cccc3[nH]ccc23)cc1Nc1ccc(F)cc1. The van der Waals surface area contributed by atoms with Crippen LogP contribution in [0.1, 0.15) is 21.5 Å². The summed E-state index contributed by atoms with van der Waals surface area (Å²) in [5.74, 6) is -1.34. The molecule has 0 radical (unpaired) electrons. The predicted octanol–water partition coefficient (Wildman–Crippen LogP) is 5.53. The van der Waals surface area contributed by atoms with Gasteiger partial charge in [-0.05, 0) is 72.5 Å². The molecular weight excluding hydrogens is 355 g/mol. The van der Waals surface area contributed by atoms with Gasteiger partial charge >= 0.3 is 5.97 Å². The lowest BCUT2D eigenvalue weighted by atomic mass is 9.99. The standard InChI is InChI=1S/C23H19FN2O2/c24-17-7-9-18(10-8-17)26-22-14-15(5-11-20(22)23(27)28)4-6-16-2-1-3-21-19(16)12-13-25-21/h1-3,5,7-14,25-26H,4,6H2,(H,27,28). The number of H-pyrrole nitrogens is 1. The van der Waals surface area contributed by atoms with Gasteiger partial charge in [-0.15, -0.1) is 0 Å². The second kappa shape index (κ2) is 7.56. The summed E-state index contributed by atoms with van der Waals surface area (Å²) in [7, 11) is 0. The number of nitrogens with one attached hydrogen (secondary N) is 2. The zero-order chi connectivity index (χ0) is 19.5. The molecule has 28 heavy (non-hydrogen) atoms. The van der Waals surface area contributed by atoms with Gasteiger partial charge in [0.15, 0.2) is 0 Å². The van der Waals surface area contributed by atoms with Gasteiger partial charge in [0.25, 0.3) is 0 Å². The van der Waals surface area contributed by atoms with E-state index in [0.29, 0.717) is 11.4 Å². The number of rotatable bonds is 6. The molecule has 3 N–H and O–H groups in total. The largest absolute Gasteiger partial charge is 0.478 e. The lowest BCUT2D eigenvalue weighted by Gasteiger charge is -2.12. The molecule has 0 fully saturated rings. The van der Waals surface area contributed by atoms with Gasteiger partial charge in [-0.2, -0.15) is 0 Å². The maximum absolute atomic E-state index is 13.1. The Bertz CT molecular complexity index is 1130. The molecule has 4 aromatic rings. The number of aromatic nitrogens is 1. The van der Waals surface area contributed by atoms with Crippen LogP contribution in [0, 0.1) is 5.82 Å². The van der Waals surface area contributed by atoms with Crippen molar-refractivity contribution in [2.75, 3.05) is 5.32 Å². The van der Waals surface area contributed by atoms with Crippen LogP contribution >= 0.6 is 0 Å². The number of carboxylic acid groups (broad SMARTS) is 1. The Balaban J connectivity index is 1.58. The fourth-order valence-corrected chi connectivity index (χ4v) is 3.37. The van der Waals surface area contributed by atoms with E-state index in [0.717, 1.165) is 23.9 Å². The number of aromatic amines is 1. The van der Waals surface area contributed by atoms with Crippen molar-refractivity contribution in [2.45, 2.75) is 12.8 Å². The zero-order valence-corrected chi connectivity index (χ0v) is 15.1. The quantitative estimate of drug-likeness (QED) is 0.415. The van der Waals surface area contributed by atoms with Crippen LogP contribution in [-0.4, -0.2) is 16.1 Å². The number of aromatic carboxylic acids is 1. The zero-order valence-electron chi connectivity index (χ0n) is 15.1. The minimum atomic E-state index is -1.01. The van der Waals surface area contributed by atoms with Crippen LogP contribution in [0.5, 0.6) is 0 Å². The van der Waals surface area contributed by atoms with E-state index in [1.807, 2.05) is 30.5 Å². The monoisotopic (exact) mass is 374 g/mol. The first kappa shape index (κ1) is 17.8. The highest BCUT2D eigenvalue weighted by molar-refractivity contribution is 5.95. The predicted molar refractivity (Wildman–Crippen MR) is 109 cm³/mol. The molecule has 4 rings (SSSR count). The van der Waals surface area contributed by atoms with Crippen LogP contribution in [0.2, 0.25) is 0 Å². The van der Waals surface area contributed by atoms with E-state index in [1.165, 1.54) is 23.1 Å². The van der Waals surface area contributed by atoms with Crippen LogP contribution in [-0.2, 0) is 12.8 Å². The summed E-state index contributed by atoms with van der Waals surface area (Å²) in [6.45, 7) is 0. The van der Waals surface area contributed by atoms with Crippen LogP contribution < -0.4 is 5.32 Å². The fraction of sp³-hybridized carbons (Fsp3) is 0.0870. The molecule has 1 aromatic heterocycles. The summed E-state index contributed by atoms with van der Waals surface area (Å²) < 4.78 is 13.1. The molecule has 0 atom stereocenters. The number of anilines is 2. The highest BCUT2D eigenvalue weighted by atomic mass is 19.1. The van der Waals surface area contributed by atoms with Gasteiger partial charge in [0.1, 0.15) is 5.82 Å². The lowest BCUT2D eigenvalue weighted by molar-refractivity contribution is 0.0698. The van der Waals surface area contributed by atoms with Crippen LogP contribution in [0.3, 0.4) is 0 Å². The molecule has 0 bridgehead atoms. The summed E-state index contributed by atoms with van der Waals surface area (Å²) >= 11 is 0. The van der Waals surface area contributed by atoms with Gasteiger partial charge in [0.05, 0.1) is 11.3 Å². The number of carbonyl (C=O) groups is 1. The Morgan fingerprint density at radius 3 is 2.61 bits per heavy atom. The second-order valence-corrected chi connectivity index (χ2v) is 6.67. The van der Waals surface area contributed by atoms with E-state index < -0.39 is 5.97 Å². The third-order valence-corrected chi connectivity index (χ3v) is 4.81. The molecule has 5 heteroatoms. The van der Waals surface area contributed by atoms with Crippen molar-refractivity contribution in [2.24, 2.45) is 0 Å². The summed E-state index contributed by atoms with van der Waals surface area (Å²) in [6, 6.07) is 19.4. The number of halogens is 1. The van der Waals surface area contributed by atoms with E-state index in [1.54, 1.807) is 18.2 Å². The van der Waals surface area contributed by atoms with E-state index in [9.17, 15) is 14.3 Å². The summed E-state index contributed by atoms with van der Waals surface area (Å²) in [5.41, 5.74) is 4.70. The first-order chi connectivity index (χ1) is 13.6. The van der Waals surface area contributed by atoms with Crippen LogP contribution in [0.15, 0.2) is 72.9 Å². The Morgan fingerprint density at radius 2 is 1.82 bits per heavy atom. The molecule has 3 aromatic carbocycles. The minimum Gasteiger partial charge on any atom is -0.478 e. The fourth-order valence-electron chi connectivity index (χ4n) is 3.37. The Morgan fingerprint density at radius 1 is 1.00 bits per heavy atom. The highest BCUT2D eigenvalue weighted by Crippen LogP contribution is 2.25. The molecule has 1 heterocycles. The molecule has 140 valence electrons. The third-order valence-electron chi connectivity index (χ3n) is 4.81. The van der Waals surface area contributed by atoms with Crippen LogP contribution in [0.25, 0.3) is 10.9 Å². The summed E-state index contributed by atoms with van der Waals surface area (Å²) in [6.07, 6.45) is 3.56. The second-order valence-electron chi connectivity index (χ2n) is 6.67. The van der Waals surface area contributed by atoms with Gasteiger partial charge in [-0.1, -0.05) is 18.2 Å². The van der Waals surface area contributed by atoms with E-state index in [4.69, 9.17) is 0 Å². The van der Waals surface area contributed by atoms with Crippen molar-refractivity contribution in [1.82, 2.24) is 4.98 Å². The van der Waals surface area contributed by atoms with Gasteiger partial charge in [-0.25, -0.2) is 9.18 Å². The van der Waals surface area contributed by atoms with E-state index >= 15 is 0 Å². The van der Waals surface area contributed by atoms with Crippen molar-refractivity contribution < 1.29 is 14.3 Å². The van der Waals surface area contributed by atoms with Gasteiger partial charge in [-0.3, -0.25) is 0 Å². The number of benzene rings is 3. The molecule has 0 aliphatic rings. The average molecular weight is 374 g/mol. The number of carboxylic acids is 1. The lowest BCUT2D eigenvalue weighted by Crippen LogP contribution is -2.04. The Hall–Kier alpha value is -3.60. The van der Waals surface area contributed by atoms with Crippen molar-refractivity contribution in [3.63, 3.8) is 0 Å². The smallest absolute Gasteiger partial charge is 0.337 e. The molecule has 0 unspecified atom stereocenters. The van der Waals surface area contributed by atoms with Crippen LogP contribution in [0.4, 0.5) is 15.8 Å².